The molecule has 0 aromatic heterocycles. The average Bonchev–Trinajstić information content (AvgIpc) is 2.63. The number of rotatable bonds is 2. The third kappa shape index (κ3) is 1.97. The number of piperidine rings is 1. The number of hydrogen-bond donors (Lipinski definition) is 1. The van der Waals surface area contributed by atoms with Crippen LogP contribution < -0.4 is 0 Å². The SMILES string of the molecule is CN1[C@@H]2CC[C@H]1[C@H](CO)[C@H](c1ccc(Cl)cc1)C2. The van der Waals surface area contributed by atoms with Crippen LogP contribution in [0, 0.1) is 5.92 Å². The minimum Gasteiger partial charge on any atom is -0.396 e. The van der Waals surface area contributed by atoms with E-state index in [2.05, 4.69) is 24.1 Å². The third-order valence-corrected chi connectivity index (χ3v) is 5.19. The molecule has 0 aliphatic carbocycles. The van der Waals surface area contributed by atoms with Crippen molar-refractivity contribution in [3.8, 4) is 0 Å². The first-order chi connectivity index (χ1) is 8.70. The van der Waals surface area contributed by atoms with Gasteiger partial charge in [-0.1, -0.05) is 23.7 Å². The quantitative estimate of drug-likeness (QED) is 0.889. The lowest BCUT2D eigenvalue weighted by atomic mass is 9.76. The lowest BCUT2D eigenvalue weighted by Crippen LogP contribution is -2.47. The molecule has 2 aliphatic heterocycles. The molecule has 2 bridgehead atoms. The predicted octanol–water partition coefficient (Wildman–Crippen LogP) is 2.90. The summed E-state index contributed by atoms with van der Waals surface area (Å²) in [7, 11) is 2.21. The van der Waals surface area contributed by atoms with E-state index >= 15 is 0 Å². The Morgan fingerprint density at radius 1 is 1.28 bits per heavy atom. The van der Waals surface area contributed by atoms with E-state index in [1.807, 2.05) is 12.1 Å². The highest BCUT2D eigenvalue weighted by atomic mass is 35.5. The van der Waals surface area contributed by atoms with E-state index in [9.17, 15) is 5.11 Å². The normalized spacial score (nSPS) is 35.9. The molecule has 0 radical (unpaired) electrons. The third-order valence-electron chi connectivity index (χ3n) is 4.94. The maximum atomic E-state index is 9.76. The van der Waals surface area contributed by atoms with Gasteiger partial charge in [-0.2, -0.15) is 0 Å². The smallest absolute Gasteiger partial charge is 0.0480 e. The first-order valence-electron chi connectivity index (χ1n) is 6.79. The Balaban J connectivity index is 1.89. The zero-order chi connectivity index (χ0) is 12.7. The van der Waals surface area contributed by atoms with Crippen molar-refractivity contribution >= 4 is 11.6 Å². The van der Waals surface area contributed by atoms with Crippen molar-refractivity contribution in [2.24, 2.45) is 5.92 Å². The van der Waals surface area contributed by atoms with Crippen LogP contribution in [-0.2, 0) is 0 Å². The molecule has 3 heteroatoms. The van der Waals surface area contributed by atoms with Gasteiger partial charge in [-0.25, -0.2) is 0 Å². The van der Waals surface area contributed by atoms with Crippen LogP contribution in [0.2, 0.25) is 5.02 Å². The van der Waals surface area contributed by atoms with E-state index in [0.29, 0.717) is 23.9 Å². The standard InChI is InChI=1S/C15H20ClNO/c1-17-12-6-7-15(17)14(9-18)13(8-12)10-2-4-11(16)5-3-10/h2-5,12-15,18H,6-9H2,1H3/t12-,13+,14-,15+/m1/s1. The fourth-order valence-corrected chi connectivity index (χ4v) is 4.05. The summed E-state index contributed by atoms with van der Waals surface area (Å²) in [5.41, 5.74) is 1.34. The molecule has 1 aromatic rings. The van der Waals surface area contributed by atoms with Gasteiger partial charge in [0.15, 0.2) is 0 Å². The van der Waals surface area contributed by atoms with Crippen molar-refractivity contribution in [2.75, 3.05) is 13.7 Å². The first-order valence-corrected chi connectivity index (χ1v) is 7.16. The molecule has 2 saturated heterocycles. The summed E-state index contributed by atoms with van der Waals surface area (Å²) in [6, 6.07) is 9.42. The fourth-order valence-electron chi connectivity index (χ4n) is 3.92. The second kappa shape index (κ2) is 4.84. The van der Waals surface area contributed by atoms with Gasteiger partial charge in [0.05, 0.1) is 0 Å². The summed E-state index contributed by atoms with van der Waals surface area (Å²) in [5.74, 6) is 0.857. The van der Waals surface area contributed by atoms with Crippen molar-refractivity contribution < 1.29 is 5.11 Å². The molecule has 3 rings (SSSR count). The summed E-state index contributed by atoms with van der Waals surface area (Å²) in [4.78, 5) is 2.48. The maximum absolute atomic E-state index is 9.76. The minimum atomic E-state index is 0.287. The number of nitrogens with zero attached hydrogens (tertiary/aromatic N) is 1. The van der Waals surface area contributed by atoms with Crippen molar-refractivity contribution in [1.82, 2.24) is 4.90 Å². The van der Waals surface area contributed by atoms with E-state index in [4.69, 9.17) is 11.6 Å². The molecule has 1 aromatic carbocycles. The van der Waals surface area contributed by atoms with Gasteiger partial charge in [0.1, 0.15) is 0 Å². The Morgan fingerprint density at radius 3 is 2.67 bits per heavy atom. The minimum absolute atomic E-state index is 0.287. The molecular formula is C15H20ClNO. The molecule has 2 heterocycles. The van der Waals surface area contributed by atoms with Crippen molar-refractivity contribution in [2.45, 2.75) is 37.3 Å². The lowest BCUT2D eigenvalue weighted by molar-refractivity contribution is 0.0592. The number of aliphatic hydroxyl groups is 1. The van der Waals surface area contributed by atoms with Crippen LogP contribution >= 0.6 is 11.6 Å². The molecule has 2 nitrogen and oxygen atoms in total. The van der Waals surface area contributed by atoms with Gasteiger partial charge < -0.3 is 10.0 Å². The molecule has 98 valence electrons. The fraction of sp³-hybridized carbons (Fsp3) is 0.600. The summed E-state index contributed by atoms with van der Waals surface area (Å²) in [6.07, 6.45) is 3.68. The average molecular weight is 266 g/mol. The lowest BCUT2D eigenvalue weighted by Gasteiger charge is -2.42. The van der Waals surface area contributed by atoms with Gasteiger partial charge in [-0.15, -0.1) is 0 Å². The molecule has 0 saturated carbocycles. The summed E-state index contributed by atoms with van der Waals surface area (Å²) < 4.78 is 0. The van der Waals surface area contributed by atoms with Gasteiger partial charge >= 0.3 is 0 Å². The summed E-state index contributed by atoms with van der Waals surface area (Å²) in [6.45, 7) is 0.287. The van der Waals surface area contributed by atoms with E-state index in [-0.39, 0.29) is 6.61 Å². The van der Waals surface area contributed by atoms with E-state index in [1.165, 1.54) is 24.8 Å². The number of fused-ring (bicyclic) bond motifs is 2. The molecule has 2 fully saturated rings. The van der Waals surface area contributed by atoms with E-state index in [0.717, 1.165) is 5.02 Å². The molecule has 0 unspecified atom stereocenters. The van der Waals surface area contributed by atoms with Crippen LogP contribution in [0.4, 0.5) is 0 Å². The molecule has 0 amide bonds. The maximum Gasteiger partial charge on any atom is 0.0480 e. The topological polar surface area (TPSA) is 23.5 Å². The highest BCUT2D eigenvalue weighted by Crippen LogP contribution is 2.45. The largest absolute Gasteiger partial charge is 0.396 e. The zero-order valence-electron chi connectivity index (χ0n) is 10.7. The second-order valence-electron chi connectivity index (χ2n) is 5.70. The van der Waals surface area contributed by atoms with Crippen LogP contribution in [0.3, 0.4) is 0 Å². The Bertz CT molecular complexity index is 419. The van der Waals surface area contributed by atoms with Crippen LogP contribution in [0.5, 0.6) is 0 Å². The predicted molar refractivity (Wildman–Crippen MR) is 74.0 cm³/mol. The number of benzene rings is 1. The molecule has 18 heavy (non-hydrogen) atoms. The highest BCUT2D eigenvalue weighted by molar-refractivity contribution is 6.30. The van der Waals surface area contributed by atoms with Crippen molar-refractivity contribution in [1.29, 1.82) is 0 Å². The molecule has 4 atom stereocenters. The van der Waals surface area contributed by atoms with Gasteiger partial charge in [0.2, 0.25) is 0 Å². The molecule has 0 spiro atoms. The van der Waals surface area contributed by atoms with Crippen molar-refractivity contribution in [3.63, 3.8) is 0 Å². The van der Waals surface area contributed by atoms with Gasteiger partial charge in [0, 0.05) is 29.6 Å². The van der Waals surface area contributed by atoms with E-state index < -0.39 is 0 Å². The van der Waals surface area contributed by atoms with Gasteiger partial charge in [-0.05, 0) is 49.9 Å². The van der Waals surface area contributed by atoms with Crippen molar-refractivity contribution in [3.05, 3.63) is 34.9 Å². The molecular weight excluding hydrogens is 246 g/mol. The first kappa shape index (κ1) is 12.5. The number of hydrogen-bond acceptors (Lipinski definition) is 2. The summed E-state index contributed by atoms with van der Waals surface area (Å²) in [5, 5.41) is 10.5. The monoisotopic (exact) mass is 265 g/mol. The second-order valence-corrected chi connectivity index (χ2v) is 6.14. The highest BCUT2D eigenvalue weighted by Gasteiger charge is 2.45. The Hall–Kier alpha value is -0.570. The van der Waals surface area contributed by atoms with Gasteiger partial charge in [0.25, 0.3) is 0 Å². The van der Waals surface area contributed by atoms with Crippen LogP contribution in [-0.4, -0.2) is 35.7 Å². The number of halogens is 1. The Morgan fingerprint density at radius 2 is 2.00 bits per heavy atom. The molecule has 1 N–H and O–H groups in total. The van der Waals surface area contributed by atoms with Gasteiger partial charge in [-0.3, -0.25) is 0 Å². The molecule has 2 aliphatic rings. The van der Waals surface area contributed by atoms with Crippen LogP contribution in [0.15, 0.2) is 24.3 Å². The number of aliphatic hydroxyl groups excluding tert-OH is 1. The van der Waals surface area contributed by atoms with E-state index in [1.54, 1.807) is 0 Å². The van der Waals surface area contributed by atoms with Crippen LogP contribution in [0.25, 0.3) is 0 Å². The van der Waals surface area contributed by atoms with Crippen LogP contribution in [0.1, 0.15) is 30.7 Å². The Kier molecular flexibility index (Phi) is 3.35. The Labute approximate surface area is 114 Å². The zero-order valence-corrected chi connectivity index (χ0v) is 11.5. The summed E-state index contributed by atoms with van der Waals surface area (Å²) >= 11 is 5.96.